The average Bonchev–Trinajstić information content (AvgIpc) is 2.94. The molecule has 0 radical (unpaired) electrons. The van der Waals surface area contributed by atoms with E-state index in [1.807, 2.05) is 0 Å². The Kier molecular flexibility index (Phi) is 1.99. The van der Waals surface area contributed by atoms with Gasteiger partial charge in [0.2, 0.25) is 5.78 Å². The van der Waals surface area contributed by atoms with Gasteiger partial charge in [-0.1, -0.05) is 5.92 Å². The highest BCUT2D eigenvalue weighted by atomic mass is 16.6. The molecule has 2 aliphatic rings. The lowest BCUT2D eigenvalue weighted by atomic mass is 9.90. The Balaban J connectivity index is 2.50. The number of aliphatic hydroxyl groups excluding tert-OH is 1. The molecule has 0 aromatic carbocycles. The van der Waals surface area contributed by atoms with Crippen LogP contribution in [0.3, 0.4) is 0 Å². The Labute approximate surface area is 80.6 Å². The van der Waals surface area contributed by atoms with Crippen molar-refractivity contribution in [3.8, 4) is 11.8 Å². The van der Waals surface area contributed by atoms with Crippen LogP contribution in [0.4, 0.5) is 0 Å². The van der Waals surface area contributed by atoms with Crippen LogP contribution in [0.2, 0.25) is 0 Å². The van der Waals surface area contributed by atoms with Gasteiger partial charge in [0.15, 0.2) is 18.0 Å². The third kappa shape index (κ3) is 1.10. The first kappa shape index (κ1) is 9.13. The van der Waals surface area contributed by atoms with Crippen molar-refractivity contribution in [1.29, 1.82) is 0 Å². The molecule has 0 saturated carbocycles. The maximum atomic E-state index is 11.5. The van der Waals surface area contributed by atoms with E-state index in [0.29, 0.717) is 0 Å². The van der Waals surface area contributed by atoms with Crippen molar-refractivity contribution in [3.63, 3.8) is 0 Å². The summed E-state index contributed by atoms with van der Waals surface area (Å²) in [6, 6.07) is 0. The van der Waals surface area contributed by atoms with Gasteiger partial charge in [0.25, 0.3) is 0 Å². The molecule has 4 nitrogen and oxygen atoms in total. The van der Waals surface area contributed by atoms with Crippen LogP contribution in [0.5, 0.6) is 0 Å². The van der Waals surface area contributed by atoms with Gasteiger partial charge in [-0.15, -0.1) is 5.92 Å². The third-order valence-electron chi connectivity index (χ3n) is 2.26. The van der Waals surface area contributed by atoms with E-state index in [1.54, 1.807) is 6.92 Å². The van der Waals surface area contributed by atoms with E-state index in [2.05, 4.69) is 11.8 Å². The third-order valence-corrected chi connectivity index (χ3v) is 2.26. The fourth-order valence-electron chi connectivity index (χ4n) is 1.52. The van der Waals surface area contributed by atoms with Crippen molar-refractivity contribution >= 4 is 11.6 Å². The summed E-state index contributed by atoms with van der Waals surface area (Å²) in [6.07, 6.45) is -1.30. The zero-order valence-electron chi connectivity index (χ0n) is 7.53. The molecule has 0 bridgehead atoms. The molecule has 1 aliphatic heterocycles. The number of carbonyl (C=O) groups is 2. The number of ketones is 2. The number of hydrogen-bond donors (Lipinski definition) is 1. The Bertz CT molecular complexity index is 408. The van der Waals surface area contributed by atoms with Gasteiger partial charge in [0.05, 0.1) is 12.2 Å². The summed E-state index contributed by atoms with van der Waals surface area (Å²) in [4.78, 5) is 23.0. The molecule has 0 spiro atoms. The summed E-state index contributed by atoms with van der Waals surface area (Å²) in [6.45, 7) is 1.11. The minimum absolute atomic E-state index is 0.0862. The summed E-state index contributed by atoms with van der Waals surface area (Å²) >= 11 is 0. The highest BCUT2D eigenvalue weighted by Crippen LogP contribution is 2.34. The molecule has 2 atom stereocenters. The van der Waals surface area contributed by atoms with Gasteiger partial charge in [-0.05, 0) is 6.92 Å². The average molecular weight is 192 g/mol. The molecule has 0 aromatic rings. The summed E-state index contributed by atoms with van der Waals surface area (Å²) in [5.74, 6) is 4.49. The molecule has 1 N–H and O–H groups in total. The van der Waals surface area contributed by atoms with Gasteiger partial charge in [0, 0.05) is 5.57 Å². The van der Waals surface area contributed by atoms with Crippen molar-refractivity contribution in [2.45, 2.75) is 19.1 Å². The molecule has 1 aliphatic carbocycles. The predicted molar refractivity (Wildman–Crippen MR) is 46.2 cm³/mol. The van der Waals surface area contributed by atoms with E-state index >= 15 is 0 Å². The number of Topliss-reactive ketones (excluding diaryl/α,β-unsaturated/α-hetero) is 2. The molecule has 2 rings (SSSR count). The molecular weight excluding hydrogens is 184 g/mol. The molecule has 14 heavy (non-hydrogen) atoms. The first-order valence-corrected chi connectivity index (χ1v) is 4.21. The summed E-state index contributed by atoms with van der Waals surface area (Å²) in [5.41, 5.74) is 0.196. The van der Waals surface area contributed by atoms with Crippen molar-refractivity contribution in [2.75, 3.05) is 6.61 Å². The Morgan fingerprint density at radius 1 is 1.36 bits per heavy atom. The standard InChI is InChI=1S/C10H8O4/c1-2-3-5-6(4-11)8(13)10-9(14-10)7(5)12/h9-11H,4H2,1H3/t9-,10+/m0/s1. The second-order valence-corrected chi connectivity index (χ2v) is 3.09. The maximum absolute atomic E-state index is 11.5. The fraction of sp³-hybridized carbons (Fsp3) is 0.400. The quantitative estimate of drug-likeness (QED) is 0.437. The minimum Gasteiger partial charge on any atom is -0.391 e. The van der Waals surface area contributed by atoms with Crippen molar-refractivity contribution in [1.82, 2.24) is 0 Å². The van der Waals surface area contributed by atoms with Crippen LogP contribution in [-0.4, -0.2) is 35.5 Å². The molecule has 1 heterocycles. The Hall–Kier alpha value is -1.44. The number of rotatable bonds is 1. The van der Waals surface area contributed by atoms with Crippen LogP contribution in [0.25, 0.3) is 0 Å². The van der Waals surface area contributed by atoms with Gasteiger partial charge in [-0.25, -0.2) is 0 Å². The lowest BCUT2D eigenvalue weighted by Gasteiger charge is -2.08. The number of hydrogen-bond acceptors (Lipinski definition) is 4. The second-order valence-electron chi connectivity index (χ2n) is 3.09. The van der Waals surface area contributed by atoms with E-state index in [1.165, 1.54) is 0 Å². The molecule has 0 unspecified atom stereocenters. The van der Waals surface area contributed by atoms with Crippen molar-refractivity contribution in [2.24, 2.45) is 0 Å². The molecule has 0 aromatic heterocycles. The highest BCUT2D eigenvalue weighted by molar-refractivity contribution is 6.20. The number of ether oxygens (including phenoxy) is 1. The van der Waals surface area contributed by atoms with Gasteiger partial charge in [-0.3, -0.25) is 9.59 Å². The molecule has 72 valence electrons. The summed E-state index contributed by atoms with van der Waals surface area (Å²) < 4.78 is 4.89. The zero-order valence-corrected chi connectivity index (χ0v) is 7.53. The van der Waals surface area contributed by atoms with Crippen LogP contribution >= 0.6 is 0 Å². The van der Waals surface area contributed by atoms with Gasteiger partial charge in [-0.2, -0.15) is 0 Å². The SMILES string of the molecule is CC#CC1=C(CO)C(=O)[C@H]2O[C@H]2C1=O. The van der Waals surface area contributed by atoms with E-state index in [-0.39, 0.29) is 22.7 Å². The number of fused-ring (bicyclic) bond motifs is 1. The van der Waals surface area contributed by atoms with Crippen LogP contribution in [0, 0.1) is 11.8 Å². The maximum Gasteiger partial charge on any atom is 0.203 e. The van der Waals surface area contributed by atoms with E-state index in [9.17, 15) is 9.59 Å². The first-order valence-electron chi connectivity index (χ1n) is 4.21. The topological polar surface area (TPSA) is 66.9 Å². The normalized spacial score (nSPS) is 29.6. The van der Waals surface area contributed by atoms with Gasteiger partial charge >= 0.3 is 0 Å². The number of epoxide rings is 1. The molecule has 1 fully saturated rings. The van der Waals surface area contributed by atoms with E-state index < -0.39 is 18.8 Å². The Morgan fingerprint density at radius 2 is 2.00 bits per heavy atom. The largest absolute Gasteiger partial charge is 0.391 e. The number of carbonyl (C=O) groups excluding carboxylic acids is 2. The lowest BCUT2D eigenvalue weighted by molar-refractivity contribution is -0.120. The van der Waals surface area contributed by atoms with Crippen LogP contribution in [0.1, 0.15) is 6.92 Å². The van der Waals surface area contributed by atoms with Crippen molar-refractivity contribution in [3.05, 3.63) is 11.1 Å². The van der Waals surface area contributed by atoms with Gasteiger partial charge in [0.1, 0.15) is 0 Å². The summed E-state index contributed by atoms with van der Waals surface area (Å²) in [7, 11) is 0. The highest BCUT2D eigenvalue weighted by Gasteiger charge is 2.55. The molecule has 1 saturated heterocycles. The van der Waals surface area contributed by atoms with E-state index in [0.717, 1.165) is 0 Å². The molecular formula is C10H8O4. The monoisotopic (exact) mass is 192 g/mol. The number of aliphatic hydroxyl groups is 1. The first-order chi connectivity index (χ1) is 6.70. The smallest absolute Gasteiger partial charge is 0.203 e. The van der Waals surface area contributed by atoms with Crippen LogP contribution < -0.4 is 0 Å². The van der Waals surface area contributed by atoms with Gasteiger partial charge < -0.3 is 9.84 Å². The minimum atomic E-state index is -0.660. The fourth-order valence-corrected chi connectivity index (χ4v) is 1.52. The summed E-state index contributed by atoms with van der Waals surface area (Å²) in [5, 5.41) is 8.96. The zero-order chi connectivity index (χ0) is 10.3. The molecule has 4 heteroatoms. The van der Waals surface area contributed by atoms with Crippen molar-refractivity contribution < 1.29 is 19.4 Å². The van der Waals surface area contributed by atoms with E-state index in [4.69, 9.17) is 9.84 Å². The van der Waals surface area contributed by atoms with Crippen LogP contribution in [0.15, 0.2) is 11.1 Å². The van der Waals surface area contributed by atoms with Crippen LogP contribution in [-0.2, 0) is 14.3 Å². The second kappa shape index (κ2) is 3.05. The lowest BCUT2D eigenvalue weighted by Crippen LogP contribution is -2.29. The predicted octanol–water partition coefficient (Wildman–Crippen LogP) is -0.782. The molecule has 0 amide bonds. The Morgan fingerprint density at radius 3 is 2.57 bits per heavy atom.